The van der Waals surface area contributed by atoms with Gasteiger partial charge in [-0.25, -0.2) is 9.59 Å². The zero-order chi connectivity index (χ0) is 30.7. The Bertz CT molecular complexity index is 1890. The van der Waals surface area contributed by atoms with Crippen LogP contribution in [0.25, 0.3) is 27.6 Å². The topological polar surface area (TPSA) is 113 Å². The predicted octanol–water partition coefficient (Wildman–Crippen LogP) is 6.05. The first kappa shape index (κ1) is 28.9. The second kappa shape index (κ2) is 12.1. The normalized spacial score (nSPS) is 10.8. The quantitative estimate of drug-likeness (QED) is 0.210. The molecule has 0 amide bonds. The molecule has 0 saturated carbocycles. The van der Waals surface area contributed by atoms with Gasteiger partial charge in [-0.05, 0) is 72.0 Å². The second-order valence-electron chi connectivity index (χ2n) is 9.70. The molecule has 9 heteroatoms. The first-order chi connectivity index (χ1) is 20.8. The third-order valence-electron chi connectivity index (χ3n) is 7.17. The van der Waals surface area contributed by atoms with Crippen molar-refractivity contribution in [2.24, 2.45) is 0 Å². The Morgan fingerprint density at radius 2 is 1.51 bits per heavy atom. The Hall–Kier alpha value is -5.57. The maximum Gasteiger partial charge on any atom is 0.355 e. The number of carboxylic acids is 1. The van der Waals surface area contributed by atoms with Crippen LogP contribution in [0.15, 0.2) is 89.7 Å². The number of benzene rings is 4. The molecule has 5 aromatic rings. The van der Waals surface area contributed by atoms with Crippen molar-refractivity contribution in [2.75, 3.05) is 21.3 Å². The summed E-state index contributed by atoms with van der Waals surface area (Å²) in [6.45, 7) is 2.12. The minimum atomic E-state index is -1.18. The van der Waals surface area contributed by atoms with E-state index in [9.17, 15) is 19.5 Å². The van der Waals surface area contributed by atoms with Gasteiger partial charge in [-0.2, -0.15) is 0 Å². The van der Waals surface area contributed by atoms with Gasteiger partial charge in [0, 0.05) is 11.1 Å². The average molecular weight is 580 g/mol. The Morgan fingerprint density at radius 1 is 0.814 bits per heavy atom. The molecule has 9 nitrogen and oxygen atoms in total. The van der Waals surface area contributed by atoms with Gasteiger partial charge >= 0.3 is 11.9 Å². The number of carboxylic acid groups (broad SMARTS) is 1. The van der Waals surface area contributed by atoms with Gasteiger partial charge in [-0.15, -0.1) is 0 Å². The molecule has 0 aliphatic heterocycles. The lowest BCUT2D eigenvalue weighted by Crippen LogP contribution is -2.27. The molecule has 1 heterocycles. The smallest absolute Gasteiger partial charge is 0.355 e. The van der Waals surface area contributed by atoms with Gasteiger partial charge in [0.1, 0.15) is 29.5 Å². The number of hydrogen-bond acceptors (Lipinski definition) is 7. The molecule has 0 unspecified atom stereocenters. The van der Waals surface area contributed by atoms with E-state index in [0.29, 0.717) is 33.8 Å². The SMILES string of the molecule is COC(=O)c1c(-c2cc(OC)c(C)c(OC)c2)c2ccc(OCc3ccccc3)cc2c(=O)n1-c1cccc(C(=O)O)c1. The van der Waals surface area contributed by atoms with Gasteiger partial charge in [0.25, 0.3) is 5.56 Å². The maximum atomic E-state index is 14.3. The van der Waals surface area contributed by atoms with Crippen LogP contribution >= 0.6 is 0 Å². The summed E-state index contributed by atoms with van der Waals surface area (Å²) < 4.78 is 23.6. The van der Waals surface area contributed by atoms with Crippen LogP contribution in [-0.2, 0) is 11.3 Å². The first-order valence-corrected chi connectivity index (χ1v) is 13.3. The lowest BCUT2D eigenvalue weighted by atomic mass is 9.94. The highest BCUT2D eigenvalue weighted by atomic mass is 16.5. The first-order valence-electron chi connectivity index (χ1n) is 13.3. The Kier molecular flexibility index (Phi) is 8.16. The van der Waals surface area contributed by atoms with Crippen LogP contribution in [0.1, 0.15) is 32.0 Å². The fourth-order valence-corrected chi connectivity index (χ4v) is 5.05. The third kappa shape index (κ3) is 5.52. The molecule has 1 aromatic heterocycles. The average Bonchev–Trinajstić information content (AvgIpc) is 3.04. The van der Waals surface area contributed by atoms with Crippen LogP contribution in [0.2, 0.25) is 0 Å². The zero-order valence-corrected chi connectivity index (χ0v) is 24.0. The van der Waals surface area contributed by atoms with Gasteiger partial charge < -0.3 is 24.1 Å². The fraction of sp³-hybridized carbons (Fsp3) is 0.147. The highest BCUT2D eigenvalue weighted by Gasteiger charge is 2.27. The standard InChI is InChI=1S/C34H29NO8/c1-20-28(40-2)16-23(17-29(20)41-3)30-26-14-13-25(43-19-21-9-6-5-7-10-21)18-27(26)32(36)35(31(30)34(39)42-4)24-12-8-11-22(15-24)33(37)38/h5-18H,19H2,1-4H3,(H,37,38). The van der Waals surface area contributed by atoms with Crippen LogP contribution in [0, 0.1) is 6.92 Å². The summed E-state index contributed by atoms with van der Waals surface area (Å²) in [6, 6.07) is 24.0. The van der Waals surface area contributed by atoms with Crippen LogP contribution in [0.3, 0.4) is 0 Å². The number of carbonyl (C=O) groups excluding carboxylic acids is 1. The summed E-state index contributed by atoms with van der Waals surface area (Å²) >= 11 is 0. The van der Waals surface area contributed by atoms with E-state index in [4.69, 9.17) is 18.9 Å². The molecule has 5 rings (SSSR count). The van der Waals surface area contributed by atoms with Crippen LogP contribution in [0.4, 0.5) is 0 Å². The summed E-state index contributed by atoms with van der Waals surface area (Å²) in [5.74, 6) is -0.522. The van der Waals surface area contributed by atoms with Gasteiger partial charge in [0.15, 0.2) is 0 Å². The molecule has 218 valence electrons. The number of ether oxygens (including phenoxy) is 4. The van der Waals surface area contributed by atoms with Crippen molar-refractivity contribution in [1.29, 1.82) is 0 Å². The molecule has 0 saturated heterocycles. The molecular formula is C34H29NO8. The van der Waals surface area contributed by atoms with Crippen molar-refractivity contribution in [3.05, 3.63) is 118 Å². The van der Waals surface area contributed by atoms with Crippen LogP contribution in [-0.4, -0.2) is 42.9 Å². The highest BCUT2D eigenvalue weighted by Crippen LogP contribution is 2.40. The molecule has 4 aromatic carbocycles. The van der Waals surface area contributed by atoms with E-state index in [1.54, 1.807) is 36.4 Å². The largest absolute Gasteiger partial charge is 0.496 e. The van der Waals surface area contributed by atoms with Gasteiger partial charge in [0.05, 0.1) is 38.0 Å². The monoisotopic (exact) mass is 579 g/mol. The number of fused-ring (bicyclic) bond motifs is 1. The Balaban J connectivity index is 1.87. The molecule has 0 aliphatic carbocycles. The number of methoxy groups -OCH3 is 3. The molecule has 0 radical (unpaired) electrons. The molecule has 0 atom stereocenters. The molecule has 0 aliphatic rings. The van der Waals surface area contributed by atoms with E-state index in [0.717, 1.165) is 11.1 Å². The van der Waals surface area contributed by atoms with Crippen molar-refractivity contribution < 1.29 is 33.6 Å². The molecule has 1 N–H and O–H groups in total. The van der Waals surface area contributed by atoms with Crippen molar-refractivity contribution in [3.8, 4) is 34.1 Å². The summed E-state index contributed by atoms with van der Waals surface area (Å²) in [5.41, 5.74) is 2.06. The zero-order valence-electron chi connectivity index (χ0n) is 24.0. The van der Waals surface area contributed by atoms with Gasteiger partial charge in [0.2, 0.25) is 0 Å². The molecule has 0 spiro atoms. The number of hydrogen-bond donors (Lipinski definition) is 1. The third-order valence-corrected chi connectivity index (χ3v) is 7.17. The number of nitrogens with zero attached hydrogens (tertiary/aromatic N) is 1. The van der Waals surface area contributed by atoms with Gasteiger partial charge in [-0.3, -0.25) is 9.36 Å². The van der Waals surface area contributed by atoms with E-state index in [-0.39, 0.29) is 28.9 Å². The number of rotatable bonds is 9. The maximum absolute atomic E-state index is 14.3. The summed E-state index contributed by atoms with van der Waals surface area (Å²) in [6.07, 6.45) is 0. The van der Waals surface area contributed by atoms with Crippen molar-refractivity contribution in [2.45, 2.75) is 13.5 Å². The lowest BCUT2D eigenvalue weighted by Gasteiger charge is -2.21. The van der Waals surface area contributed by atoms with Crippen molar-refractivity contribution in [1.82, 2.24) is 4.57 Å². The number of aromatic carboxylic acids is 1. The van der Waals surface area contributed by atoms with Crippen LogP contribution in [0.5, 0.6) is 17.2 Å². The van der Waals surface area contributed by atoms with E-state index in [1.165, 1.54) is 44.1 Å². The molecular weight excluding hydrogens is 550 g/mol. The molecule has 0 bridgehead atoms. The number of esters is 1. The minimum absolute atomic E-state index is 0.0551. The van der Waals surface area contributed by atoms with Crippen molar-refractivity contribution >= 4 is 22.7 Å². The predicted molar refractivity (Wildman–Crippen MR) is 162 cm³/mol. The van der Waals surface area contributed by atoms with Crippen molar-refractivity contribution in [3.63, 3.8) is 0 Å². The Morgan fingerprint density at radius 3 is 2.14 bits per heavy atom. The lowest BCUT2D eigenvalue weighted by molar-refractivity contribution is 0.0591. The highest BCUT2D eigenvalue weighted by molar-refractivity contribution is 6.08. The van der Waals surface area contributed by atoms with E-state index in [2.05, 4.69) is 0 Å². The Labute approximate surface area is 247 Å². The summed E-state index contributed by atoms with van der Waals surface area (Å²) in [5, 5.41) is 10.4. The summed E-state index contributed by atoms with van der Waals surface area (Å²) in [7, 11) is 4.27. The van der Waals surface area contributed by atoms with Crippen LogP contribution < -0.4 is 19.8 Å². The number of aromatic nitrogens is 1. The van der Waals surface area contributed by atoms with E-state index >= 15 is 0 Å². The molecule has 0 fully saturated rings. The van der Waals surface area contributed by atoms with E-state index in [1.807, 2.05) is 37.3 Å². The van der Waals surface area contributed by atoms with E-state index < -0.39 is 17.5 Å². The van der Waals surface area contributed by atoms with Gasteiger partial charge in [-0.1, -0.05) is 36.4 Å². The second-order valence-corrected chi connectivity index (χ2v) is 9.70. The fourth-order valence-electron chi connectivity index (χ4n) is 5.05. The molecule has 43 heavy (non-hydrogen) atoms. The number of carbonyl (C=O) groups is 2. The number of pyridine rings is 1. The summed E-state index contributed by atoms with van der Waals surface area (Å²) in [4.78, 5) is 39.6. The minimum Gasteiger partial charge on any atom is -0.496 e.